The molecule has 0 aliphatic carbocycles. The molecule has 0 saturated carbocycles. The van der Waals surface area contributed by atoms with E-state index >= 15 is 0 Å². The van der Waals surface area contributed by atoms with Crippen LogP contribution in [0.15, 0.2) is 58.6 Å². The van der Waals surface area contributed by atoms with Crippen molar-refractivity contribution in [3.63, 3.8) is 0 Å². The lowest BCUT2D eigenvalue weighted by Gasteiger charge is -2.04. The number of hydrazone groups is 1. The first kappa shape index (κ1) is 18.3. The molecule has 116 valence electrons. The summed E-state index contributed by atoms with van der Waals surface area (Å²) in [5.74, 6) is 0.209. The molecular formula is C15H15Cl3N4. The highest BCUT2D eigenvalue weighted by molar-refractivity contribution is 6.42. The molecule has 0 aliphatic rings. The standard InChI is InChI=1S/C15H14Cl2N4.ClH/c1-10(11-7-8-13(16)14(17)9-11)20-21-15(18)19-12-5-3-2-4-6-12;/h2-9H,1H3,(H3,18,19,21);1H/b20-10+;. The second kappa shape index (κ2) is 8.63. The van der Waals surface area contributed by atoms with Crippen LogP contribution in [-0.4, -0.2) is 11.7 Å². The largest absolute Gasteiger partial charge is 0.368 e. The molecule has 0 bridgehead atoms. The summed E-state index contributed by atoms with van der Waals surface area (Å²) >= 11 is 11.8. The third kappa shape index (κ3) is 5.22. The summed E-state index contributed by atoms with van der Waals surface area (Å²) in [6, 6.07) is 14.7. The molecule has 22 heavy (non-hydrogen) atoms. The second-order valence-electron chi connectivity index (χ2n) is 4.27. The Hall–Kier alpha value is -1.75. The number of halogens is 3. The van der Waals surface area contributed by atoms with E-state index in [1.807, 2.05) is 43.3 Å². The fourth-order valence-electron chi connectivity index (χ4n) is 1.59. The van der Waals surface area contributed by atoms with Gasteiger partial charge in [-0.05, 0) is 36.8 Å². The van der Waals surface area contributed by atoms with Gasteiger partial charge in [0.25, 0.3) is 0 Å². The number of aliphatic imine (C=N–C) groups is 1. The first-order valence-corrected chi connectivity index (χ1v) is 6.97. The van der Waals surface area contributed by atoms with Crippen molar-refractivity contribution in [1.29, 1.82) is 0 Å². The molecule has 0 radical (unpaired) electrons. The topological polar surface area (TPSA) is 62.8 Å². The second-order valence-corrected chi connectivity index (χ2v) is 5.08. The van der Waals surface area contributed by atoms with E-state index in [4.69, 9.17) is 28.9 Å². The van der Waals surface area contributed by atoms with Crippen LogP contribution in [0.1, 0.15) is 12.5 Å². The average molecular weight is 358 g/mol. The number of guanidine groups is 1. The predicted octanol–water partition coefficient (Wildman–Crippen LogP) is 4.38. The molecule has 0 saturated heterocycles. The number of nitrogens with one attached hydrogen (secondary N) is 1. The van der Waals surface area contributed by atoms with Gasteiger partial charge in [-0.15, -0.1) is 12.4 Å². The van der Waals surface area contributed by atoms with Crippen LogP contribution < -0.4 is 11.2 Å². The summed E-state index contributed by atoms with van der Waals surface area (Å²) in [4.78, 5) is 4.19. The smallest absolute Gasteiger partial charge is 0.214 e. The van der Waals surface area contributed by atoms with Crippen molar-refractivity contribution in [3.8, 4) is 0 Å². The molecular weight excluding hydrogens is 343 g/mol. The van der Waals surface area contributed by atoms with Gasteiger partial charge in [0, 0.05) is 0 Å². The Labute approximate surface area is 145 Å². The van der Waals surface area contributed by atoms with Gasteiger partial charge in [-0.3, -0.25) is 0 Å². The average Bonchev–Trinajstić information content (AvgIpc) is 2.48. The van der Waals surface area contributed by atoms with Gasteiger partial charge in [0.2, 0.25) is 5.96 Å². The number of hydrogen-bond donors (Lipinski definition) is 2. The van der Waals surface area contributed by atoms with Gasteiger partial charge in [0.1, 0.15) is 0 Å². The highest BCUT2D eigenvalue weighted by atomic mass is 35.5. The Morgan fingerprint density at radius 3 is 2.36 bits per heavy atom. The number of hydrogen-bond acceptors (Lipinski definition) is 2. The van der Waals surface area contributed by atoms with Crippen LogP contribution >= 0.6 is 35.6 Å². The lowest BCUT2D eigenvalue weighted by atomic mass is 10.1. The van der Waals surface area contributed by atoms with Crippen molar-refractivity contribution in [2.24, 2.45) is 15.8 Å². The molecule has 7 heteroatoms. The number of nitrogens with two attached hydrogens (primary N) is 1. The first-order valence-electron chi connectivity index (χ1n) is 6.21. The van der Waals surface area contributed by atoms with Crippen molar-refractivity contribution < 1.29 is 0 Å². The zero-order chi connectivity index (χ0) is 15.2. The predicted molar refractivity (Wildman–Crippen MR) is 96.8 cm³/mol. The zero-order valence-corrected chi connectivity index (χ0v) is 14.1. The van der Waals surface area contributed by atoms with E-state index < -0.39 is 0 Å². The van der Waals surface area contributed by atoms with E-state index in [-0.39, 0.29) is 18.4 Å². The van der Waals surface area contributed by atoms with E-state index in [1.165, 1.54) is 0 Å². The maximum absolute atomic E-state index is 5.97. The fourth-order valence-corrected chi connectivity index (χ4v) is 1.89. The van der Waals surface area contributed by atoms with Crippen molar-refractivity contribution in [2.45, 2.75) is 6.92 Å². The van der Waals surface area contributed by atoms with Crippen LogP contribution in [0, 0.1) is 0 Å². The lowest BCUT2D eigenvalue weighted by molar-refractivity contribution is 1.00. The minimum atomic E-state index is 0. The SMILES string of the molecule is C/C(=N\NC(N)=Nc1ccccc1)c1ccc(Cl)c(Cl)c1.Cl. The van der Waals surface area contributed by atoms with Crippen molar-refractivity contribution >= 4 is 53.0 Å². The molecule has 4 nitrogen and oxygen atoms in total. The number of benzene rings is 2. The monoisotopic (exact) mass is 356 g/mol. The summed E-state index contributed by atoms with van der Waals surface area (Å²) < 4.78 is 0. The first-order chi connectivity index (χ1) is 10.1. The molecule has 3 N–H and O–H groups in total. The molecule has 0 unspecified atom stereocenters. The number of nitrogens with zero attached hydrogens (tertiary/aromatic N) is 2. The highest BCUT2D eigenvalue weighted by Gasteiger charge is 2.02. The Bertz CT molecular complexity index is 684. The zero-order valence-electron chi connectivity index (χ0n) is 11.8. The summed E-state index contributed by atoms with van der Waals surface area (Å²) in [6.45, 7) is 1.84. The van der Waals surface area contributed by atoms with Gasteiger partial charge in [-0.25, -0.2) is 10.4 Å². The maximum Gasteiger partial charge on any atom is 0.214 e. The normalized spacial score (nSPS) is 11.8. The van der Waals surface area contributed by atoms with E-state index in [0.29, 0.717) is 10.0 Å². The Morgan fingerprint density at radius 2 is 1.73 bits per heavy atom. The van der Waals surface area contributed by atoms with Gasteiger partial charge >= 0.3 is 0 Å². The van der Waals surface area contributed by atoms with E-state index in [2.05, 4.69) is 15.5 Å². The van der Waals surface area contributed by atoms with Crippen LogP contribution in [0.25, 0.3) is 0 Å². The molecule has 2 rings (SSSR count). The molecule has 0 amide bonds. The van der Waals surface area contributed by atoms with Crippen LogP contribution in [0.5, 0.6) is 0 Å². The van der Waals surface area contributed by atoms with Gasteiger partial charge in [0.15, 0.2) is 0 Å². The van der Waals surface area contributed by atoms with E-state index in [0.717, 1.165) is 17.0 Å². The summed E-state index contributed by atoms with van der Waals surface area (Å²) in [5, 5.41) is 5.16. The van der Waals surface area contributed by atoms with Crippen LogP contribution in [0.3, 0.4) is 0 Å². The van der Waals surface area contributed by atoms with Crippen LogP contribution in [0.4, 0.5) is 5.69 Å². The minimum Gasteiger partial charge on any atom is -0.368 e. The Morgan fingerprint density at radius 1 is 1.05 bits per heavy atom. The summed E-state index contributed by atoms with van der Waals surface area (Å²) in [5.41, 5.74) is 10.8. The molecule has 2 aromatic carbocycles. The molecule has 2 aromatic rings. The number of rotatable bonds is 3. The molecule has 0 heterocycles. The van der Waals surface area contributed by atoms with Gasteiger partial charge in [-0.2, -0.15) is 5.10 Å². The van der Waals surface area contributed by atoms with Gasteiger partial charge < -0.3 is 5.73 Å². The van der Waals surface area contributed by atoms with E-state index in [9.17, 15) is 0 Å². The van der Waals surface area contributed by atoms with Crippen molar-refractivity contribution in [1.82, 2.24) is 5.43 Å². The number of para-hydroxylation sites is 1. The summed E-state index contributed by atoms with van der Waals surface area (Å²) in [6.07, 6.45) is 0. The fraction of sp³-hybridized carbons (Fsp3) is 0.0667. The van der Waals surface area contributed by atoms with E-state index in [1.54, 1.807) is 12.1 Å². The highest BCUT2D eigenvalue weighted by Crippen LogP contribution is 2.22. The molecule has 0 aliphatic heterocycles. The lowest BCUT2D eigenvalue weighted by Crippen LogP contribution is -2.27. The van der Waals surface area contributed by atoms with Gasteiger partial charge in [0.05, 0.1) is 21.4 Å². The summed E-state index contributed by atoms with van der Waals surface area (Å²) in [7, 11) is 0. The molecule has 0 atom stereocenters. The third-order valence-corrected chi connectivity index (χ3v) is 3.42. The maximum atomic E-state index is 5.97. The Kier molecular flexibility index (Phi) is 7.18. The van der Waals surface area contributed by atoms with Crippen LogP contribution in [-0.2, 0) is 0 Å². The van der Waals surface area contributed by atoms with Crippen molar-refractivity contribution in [3.05, 3.63) is 64.1 Å². The quantitative estimate of drug-likeness (QED) is 0.486. The molecule has 0 fully saturated rings. The molecule has 0 spiro atoms. The third-order valence-electron chi connectivity index (χ3n) is 2.68. The Balaban J connectivity index is 0.00000242. The molecule has 0 aromatic heterocycles. The van der Waals surface area contributed by atoms with Crippen LogP contribution in [0.2, 0.25) is 10.0 Å². The minimum absolute atomic E-state index is 0. The van der Waals surface area contributed by atoms with Gasteiger partial charge in [-0.1, -0.05) is 47.5 Å². The van der Waals surface area contributed by atoms with Crippen molar-refractivity contribution in [2.75, 3.05) is 0 Å².